The van der Waals surface area contributed by atoms with Crippen LogP contribution in [0.1, 0.15) is 24.3 Å². The Balaban J connectivity index is 0.922. The van der Waals surface area contributed by atoms with Crippen LogP contribution in [0.4, 0.5) is 0 Å². The minimum absolute atomic E-state index is 0.635. The number of hydrogen-bond donors (Lipinski definition) is 0. The van der Waals surface area contributed by atoms with E-state index in [-0.39, 0.29) is 0 Å². The molecule has 0 spiro atoms. The Morgan fingerprint density at radius 1 is 0.327 bits per heavy atom. The average molecular weight is 708 g/mol. The van der Waals surface area contributed by atoms with Crippen LogP contribution >= 0.6 is 0 Å². The Morgan fingerprint density at radius 3 is 1.27 bits per heavy atom. The van der Waals surface area contributed by atoms with Crippen LogP contribution in [0.2, 0.25) is 0 Å². The fourth-order valence-electron chi connectivity index (χ4n) is 9.43. The SMILES string of the molecule is c1ccc(-c2cc(-c3ccc(C4C5CC6CC4C65)cc3)nc(-c3cccc(-c4ccc(-c5nc(-c6ccccc6)nc(-c6ccccc6)n5)cc4)c3)n2)cc1. The average Bonchev–Trinajstić information content (AvgIpc) is 3.27. The smallest absolute Gasteiger partial charge is 0.164 e. The van der Waals surface area contributed by atoms with E-state index in [2.05, 4.69) is 103 Å². The molecule has 8 aromatic rings. The van der Waals surface area contributed by atoms with Crippen molar-refractivity contribution in [2.24, 2.45) is 23.7 Å². The number of nitrogens with zero attached hydrogens (tertiary/aromatic N) is 5. The van der Waals surface area contributed by atoms with E-state index in [0.29, 0.717) is 23.3 Å². The largest absolute Gasteiger partial charge is 0.228 e. The minimum atomic E-state index is 0.635. The molecular formula is C50H37N5. The molecule has 2 atom stereocenters. The van der Waals surface area contributed by atoms with Gasteiger partial charge >= 0.3 is 0 Å². The van der Waals surface area contributed by atoms with Crippen molar-refractivity contribution in [1.29, 1.82) is 0 Å². The molecule has 5 nitrogen and oxygen atoms in total. The Morgan fingerprint density at radius 2 is 0.745 bits per heavy atom. The molecule has 3 aliphatic carbocycles. The first-order valence-electron chi connectivity index (χ1n) is 19.3. The van der Waals surface area contributed by atoms with E-state index in [1.165, 1.54) is 18.4 Å². The van der Waals surface area contributed by atoms with Crippen molar-refractivity contribution in [2.45, 2.75) is 18.8 Å². The molecule has 262 valence electrons. The summed E-state index contributed by atoms with van der Waals surface area (Å²) in [6.07, 6.45) is 2.88. The van der Waals surface area contributed by atoms with Crippen LogP contribution in [0.3, 0.4) is 0 Å². The third kappa shape index (κ3) is 5.66. The second kappa shape index (κ2) is 13.1. The van der Waals surface area contributed by atoms with Crippen LogP contribution in [-0.2, 0) is 0 Å². The second-order valence-electron chi connectivity index (χ2n) is 15.3. The molecule has 55 heavy (non-hydrogen) atoms. The quantitative estimate of drug-likeness (QED) is 0.157. The van der Waals surface area contributed by atoms with Gasteiger partial charge in [-0.25, -0.2) is 24.9 Å². The molecule has 2 aromatic heterocycles. The Hall–Kier alpha value is -6.59. The van der Waals surface area contributed by atoms with Crippen LogP contribution in [0.5, 0.6) is 0 Å². The molecule has 3 aliphatic rings. The summed E-state index contributed by atoms with van der Waals surface area (Å²) in [6, 6.07) is 58.9. The van der Waals surface area contributed by atoms with Crippen LogP contribution in [0.15, 0.2) is 170 Å². The lowest BCUT2D eigenvalue weighted by Gasteiger charge is -2.73. The van der Waals surface area contributed by atoms with Gasteiger partial charge in [0.1, 0.15) is 0 Å². The zero-order chi connectivity index (χ0) is 36.3. The predicted octanol–water partition coefficient (Wildman–Crippen LogP) is 11.7. The van der Waals surface area contributed by atoms with Gasteiger partial charge in [0.05, 0.1) is 11.4 Å². The van der Waals surface area contributed by atoms with E-state index in [1.807, 2.05) is 66.7 Å². The van der Waals surface area contributed by atoms with Crippen LogP contribution < -0.4 is 0 Å². The van der Waals surface area contributed by atoms with Gasteiger partial charge in [0.15, 0.2) is 23.3 Å². The van der Waals surface area contributed by atoms with Gasteiger partial charge in [-0.3, -0.25) is 0 Å². The summed E-state index contributed by atoms with van der Waals surface area (Å²) < 4.78 is 0. The molecule has 6 aromatic carbocycles. The lowest BCUT2D eigenvalue weighted by atomic mass is 9.31. The number of benzene rings is 6. The van der Waals surface area contributed by atoms with Crippen molar-refractivity contribution in [3.05, 3.63) is 175 Å². The maximum atomic E-state index is 5.19. The van der Waals surface area contributed by atoms with Crippen molar-refractivity contribution in [2.75, 3.05) is 0 Å². The van der Waals surface area contributed by atoms with E-state index in [1.54, 1.807) is 0 Å². The molecule has 3 saturated carbocycles. The van der Waals surface area contributed by atoms with E-state index in [4.69, 9.17) is 24.9 Å². The van der Waals surface area contributed by atoms with Crippen LogP contribution in [0, 0.1) is 23.7 Å². The van der Waals surface area contributed by atoms with Crippen molar-refractivity contribution in [1.82, 2.24) is 24.9 Å². The molecule has 5 heteroatoms. The van der Waals surface area contributed by atoms with Crippen molar-refractivity contribution < 1.29 is 0 Å². The van der Waals surface area contributed by atoms with Crippen molar-refractivity contribution in [3.63, 3.8) is 0 Å². The fraction of sp³-hybridized carbons (Fsp3) is 0.140. The van der Waals surface area contributed by atoms with Gasteiger partial charge in [-0.2, -0.15) is 0 Å². The number of aromatic nitrogens is 5. The van der Waals surface area contributed by atoms with E-state index in [0.717, 1.165) is 85.5 Å². The van der Waals surface area contributed by atoms with Gasteiger partial charge in [0, 0.05) is 33.4 Å². The maximum Gasteiger partial charge on any atom is 0.164 e. The number of hydrogen-bond acceptors (Lipinski definition) is 5. The van der Waals surface area contributed by atoms with E-state index < -0.39 is 0 Å². The molecule has 11 rings (SSSR count). The summed E-state index contributed by atoms with van der Waals surface area (Å²) in [4.78, 5) is 25.0. The molecule has 0 aliphatic heterocycles. The lowest BCUT2D eigenvalue weighted by Crippen LogP contribution is -2.65. The molecule has 2 heterocycles. The first kappa shape index (κ1) is 31.9. The molecule has 0 radical (unpaired) electrons. The van der Waals surface area contributed by atoms with Gasteiger partial charge in [-0.15, -0.1) is 0 Å². The standard InChI is InChI=1S/C50H37N5/c1-4-11-32(12-5-1)43-30-44(33-21-23-34(24-22-33)45-41-28-40-29-42(45)46(40)41)52-50(51-43)39-18-10-17-38(27-39)31-19-25-37(26-20-31)49-54-47(35-13-6-2-7-14-35)53-48(55-49)36-15-8-3-9-16-36/h1-27,30,40-42,45-46H,28-29H2. The Labute approximate surface area is 320 Å². The molecule has 0 bridgehead atoms. The molecular weight excluding hydrogens is 671 g/mol. The molecule has 0 saturated heterocycles. The fourth-order valence-corrected chi connectivity index (χ4v) is 9.43. The highest BCUT2D eigenvalue weighted by Crippen LogP contribution is 2.75. The summed E-state index contributed by atoms with van der Waals surface area (Å²) in [5.74, 6) is 7.34. The molecule has 0 amide bonds. The summed E-state index contributed by atoms with van der Waals surface area (Å²) in [6.45, 7) is 0. The van der Waals surface area contributed by atoms with Gasteiger partial charge in [0.25, 0.3) is 0 Å². The molecule has 0 N–H and O–H groups in total. The highest BCUT2D eigenvalue weighted by molar-refractivity contribution is 5.76. The maximum absolute atomic E-state index is 5.19. The first-order chi connectivity index (χ1) is 27.2. The predicted molar refractivity (Wildman–Crippen MR) is 219 cm³/mol. The summed E-state index contributed by atoms with van der Waals surface area (Å²) >= 11 is 0. The van der Waals surface area contributed by atoms with Gasteiger partial charge < -0.3 is 0 Å². The van der Waals surface area contributed by atoms with Gasteiger partial charge in [-0.1, -0.05) is 158 Å². The zero-order valence-corrected chi connectivity index (χ0v) is 30.2. The molecule has 3 fully saturated rings. The summed E-state index contributed by atoms with van der Waals surface area (Å²) in [7, 11) is 0. The Bertz CT molecular complexity index is 2590. The summed E-state index contributed by atoms with van der Waals surface area (Å²) in [5.41, 5.74) is 11.5. The highest BCUT2D eigenvalue weighted by atomic mass is 15.0. The third-order valence-electron chi connectivity index (χ3n) is 12.3. The van der Waals surface area contributed by atoms with Gasteiger partial charge in [-0.05, 0) is 71.3 Å². The van der Waals surface area contributed by atoms with E-state index in [9.17, 15) is 0 Å². The van der Waals surface area contributed by atoms with Crippen molar-refractivity contribution >= 4 is 0 Å². The summed E-state index contributed by atoms with van der Waals surface area (Å²) in [5, 5.41) is 0. The highest BCUT2D eigenvalue weighted by Gasteiger charge is 2.67. The number of rotatable bonds is 8. The third-order valence-corrected chi connectivity index (χ3v) is 12.3. The Kier molecular flexibility index (Phi) is 7.58. The minimum Gasteiger partial charge on any atom is -0.228 e. The van der Waals surface area contributed by atoms with Crippen LogP contribution in [-0.4, -0.2) is 24.9 Å². The van der Waals surface area contributed by atoms with Crippen LogP contribution in [0.25, 0.3) is 79.2 Å². The zero-order valence-electron chi connectivity index (χ0n) is 30.2. The van der Waals surface area contributed by atoms with Gasteiger partial charge in [0.2, 0.25) is 0 Å². The van der Waals surface area contributed by atoms with Crippen molar-refractivity contribution in [3.8, 4) is 79.2 Å². The topological polar surface area (TPSA) is 64.5 Å². The lowest BCUT2D eigenvalue weighted by molar-refractivity contribution is -0.214. The molecule has 2 unspecified atom stereocenters. The van der Waals surface area contributed by atoms with E-state index >= 15 is 0 Å². The monoisotopic (exact) mass is 707 g/mol. The normalized spacial score (nSPS) is 20.4. The second-order valence-corrected chi connectivity index (χ2v) is 15.3. The first-order valence-corrected chi connectivity index (χ1v) is 19.3.